The van der Waals surface area contributed by atoms with E-state index in [0.29, 0.717) is 27.0 Å². The summed E-state index contributed by atoms with van der Waals surface area (Å²) in [5.41, 5.74) is -0.835. The summed E-state index contributed by atoms with van der Waals surface area (Å²) < 4.78 is 51.1. The standard InChI is InChI=1S/C32H30F3N3O6/c1-4-44-31(43)24-27(39)25-26(18(3)20(14-36-25)13-19-9-10-21(33)12-17(2)11-19)37(30(24)42)15-32(34,35)16-38-28(40)22-7-5-6-8-23(22)29(38)41/h5-10,14,17,39H,4,11-13,15-16H2,1-3H3. The Labute approximate surface area is 250 Å². The smallest absolute Gasteiger partial charge is 0.347 e. The van der Waals surface area contributed by atoms with Crippen LogP contribution in [0, 0.1) is 12.8 Å². The lowest BCUT2D eigenvalue weighted by molar-refractivity contribution is -0.0359. The van der Waals surface area contributed by atoms with E-state index in [4.69, 9.17) is 4.74 Å². The molecule has 230 valence electrons. The molecule has 44 heavy (non-hydrogen) atoms. The second kappa shape index (κ2) is 11.7. The van der Waals surface area contributed by atoms with Crippen LogP contribution in [0.25, 0.3) is 11.0 Å². The Kier molecular flexibility index (Phi) is 8.19. The number of alkyl halides is 2. The van der Waals surface area contributed by atoms with Gasteiger partial charge in [0.1, 0.15) is 11.3 Å². The molecule has 3 heterocycles. The molecule has 9 nitrogen and oxygen atoms in total. The third-order valence-corrected chi connectivity index (χ3v) is 7.81. The molecule has 1 atom stereocenters. The molecular weight excluding hydrogens is 579 g/mol. The summed E-state index contributed by atoms with van der Waals surface area (Å²) in [7, 11) is 0. The van der Waals surface area contributed by atoms with E-state index in [-0.39, 0.29) is 53.4 Å². The van der Waals surface area contributed by atoms with Crippen LogP contribution < -0.4 is 5.56 Å². The molecule has 0 bridgehead atoms. The highest BCUT2D eigenvalue weighted by atomic mass is 19.3. The minimum absolute atomic E-state index is 0.00769. The number of esters is 1. The number of fused-ring (bicyclic) bond motifs is 2. The number of allylic oxidation sites excluding steroid dienone is 4. The van der Waals surface area contributed by atoms with Crippen LogP contribution in [0.3, 0.4) is 0 Å². The van der Waals surface area contributed by atoms with Crippen LogP contribution in [0.1, 0.15) is 68.9 Å². The topological polar surface area (TPSA) is 119 Å². The molecule has 2 amide bonds. The van der Waals surface area contributed by atoms with Crippen molar-refractivity contribution in [2.75, 3.05) is 13.2 Å². The van der Waals surface area contributed by atoms with Crippen molar-refractivity contribution in [2.45, 2.75) is 52.5 Å². The molecule has 1 aromatic carbocycles. The zero-order valence-electron chi connectivity index (χ0n) is 24.3. The first kappa shape index (κ1) is 30.7. The Morgan fingerprint density at radius 2 is 1.75 bits per heavy atom. The zero-order valence-corrected chi connectivity index (χ0v) is 24.3. The molecule has 0 saturated heterocycles. The predicted molar refractivity (Wildman–Crippen MR) is 154 cm³/mol. The molecule has 2 aliphatic rings. The Balaban J connectivity index is 1.60. The summed E-state index contributed by atoms with van der Waals surface area (Å²) in [6, 6.07) is 5.75. The predicted octanol–water partition coefficient (Wildman–Crippen LogP) is 5.27. The number of aromatic hydroxyl groups is 1. The third-order valence-electron chi connectivity index (χ3n) is 7.81. The number of nitrogens with zero attached hydrogens (tertiary/aromatic N) is 3. The minimum Gasteiger partial charge on any atom is -0.505 e. The van der Waals surface area contributed by atoms with E-state index >= 15 is 8.78 Å². The lowest BCUT2D eigenvalue weighted by Crippen LogP contribution is -2.44. The van der Waals surface area contributed by atoms with Crippen molar-refractivity contribution in [1.29, 1.82) is 0 Å². The van der Waals surface area contributed by atoms with Gasteiger partial charge in [-0.25, -0.2) is 18.0 Å². The molecule has 0 fully saturated rings. The number of amides is 2. The fourth-order valence-electron chi connectivity index (χ4n) is 5.77. The van der Waals surface area contributed by atoms with Crippen molar-refractivity contribution in [3.05, 3.63) is 92.2 Å². The fourth-order valence-corrected chi connectivity index (χ4v) is 5.77. The molecule has 2 aromatic heterocycles. The molecule has 12 heteroatoms. The number of carbonyl (C=O) groups is 3. The Morgan fingerprint density at radius 3 is 2.39 bits per heavy atom. The highest BCUT2D eigenvalue weighted by Crippen LogP contribution is 2.34. The van der Waals surface area contributed by atoms with Gasteiger partial charge >= 0.3 is 5.97 Å². The SMILES string of the molecule is CCOC(=O)c1c(O)c2ncc(CC3=CC=C(F)CC(C)C3)c(C)c2n(CC(F)(F)CN2C(=O)c3ccccc3C2=O)c1=O. The van der Waals surface area contributed by atoms with Crippen LogP contribution in [0.15, 0.2) is 58.8 Å². The number of aromatic nitrogens is 2. The van der Waals surface area contributed by atoms with E-state index in [1.54, 1.807) is 13.0 Å². The van der Waals surface area contributed by atoms with Gasteiger partial charge in [-0.05, 0) is 61.9 Å². The van der Waals surface area contributed by atoms with Crippen molar-refractivity contribution in [1.82, 2.24) is 14.5 Å². The highest BCUT2D eigenvalue weighted by Gasteiger charge is 2.43. The number of rotatable bonds is 8. The number of imide groups is 1. The summed E-state index contributed by atoms with van der Waals surface area (Å²) in [5, 5.41) is 11.0. The van der Waals surface area contributed by atoms with Gasteiger partial charge in [0.05, 0.1) is 36.3 Å². The molecule has 1 unspecified atom stereocenters. The number of benzene rings is 1. The van der Waals surface area contributed by atoms with Crippen molar-refractivity contribution in [3.63, 3.8) is 0 Å². The Hall–Kier alpha value is -4.74. The van der Waals surface area contributed by atoms with Crippen LogP contribution in [0.4, 0.5) is 13.2 Å². The van der Waals surface area contributed by atoms with Crippen molar-refractivity contribution < 1.29 is 37.4 Å². The number of pyridine rings is 2. The van der Waals surface area contributed by atoms with Gasteiger partial charge in [-0.15, -0.1) is 0 Å². The molecular formula is C32H30F3N3O6. The normalized spacial score (nSPS) is 17.0. The lowest BCUT2D eigenvalue weighted by atomic mass is 9.93. The number of aryl methyl sites for hydroxylation is 1. The largest absolute Gasteiger partial charge is 0.505 e. The van der Waals surface area contributed by atoms with Gasteiger partial charge in [-0.1, -0.05) is 30.7 Å². The van der Waals surface area contributed by atoms with Gasteiger partial charge in [0.25, 0.3) is 23.3 Å². The molecule has 5 rings (SSSR count). The van der Waals surface area contributed by atoms with Gasteiger partial charge in [0.15, 0.2) is 11.3 Å². The summed E-state index contributed by atoms with van der Waals surface area (Å²) in [6.45, 7) is 2.11. The monoisotopic (exact) mass is 609 g/mol. The fraction of sp³-hybridized carbons (Fsp3) is 0.344. The van der Waals surface area contributed by atoms with E-state index in [1.807, 2.05) is 6.92 Å². The Bertz CT molecular complexity index is 1790. The number of halogens is 3. The Morgan fingerprint density at radius 1 is 1.09 bits per heavy atom. The van der Waals surface area contributed by atoms with Crippen LogP contribution in [-0.4, -0.2) is 56.4 Å². The maximum Gasteiger partial charge on any atom is 0.347 e. The van der Waals surface area contributed by atoms with Crippen LogP contribution in [-0.2, 0) is 17.7 Å². The first-order valence-electron chi connectivity index (χ1n) is 14.1. The molecule has 0 radical (unpaired) electrons. The molecule has 1 aliphatic heterocycles. The van der Waals surface area contributed by atoms with Crippen molar-refractivity contribution >= 4 is 28.8 Å². The summed E-state index contributed by atoms with van der Waals surface area (Å²) in [5.74, 6) is -7.91. The zero-order chi connectivity index (χ0) is 31.9. The van der Waals surface area contributed by atoms with Gasteiger partial charge < -0.3 is 9.84 Å². The summed E-state index contributed by atoms with van der Waals surface area (Å²) in [6.07, 6.45) is 5.57. The molecule has 3 aromatic rings. The third kappa shape index (κ3) is 5.63. The molecule has 0 spiro atoms. The maximum absolute atomic E-state index is 15.8. The maximum atomic E-state index is 15.8. The average molecular weight is 610 g/mol. The molecule has 0 saturated carbocycles. The minimum atomic E-state index is -3.85. The average Bonchev–Trinajstić information content (AvgIpc) is 3.08. The molecule has 1 aliphatic carbocycles. The summed E-state index contributed by atoms with van der Waals surface area (Å²) >= 11 is 0. The van der Waals surface area contributed by atoms with E-state index in [1.165, 1.54) is 43.5 Å². The number of ether oxygens (including phenoxy) is 1. The van der Waals surface area contributed by atoms with Gasteiger partial charge in [-0.2, -0.15) is 0 Å². The van der Waals surface area contributed by atoms with Crippen LogP contribution >= 0.6 is 0 Å². The lowest BCUT2D eigenvalue weighted by Gasteiger charge is -2.25. The highest BCUT2D eigenvalue weighted by molar-refractivity contribution is 6.21. The second-order valence-electron chi connectivity index (χ2n) is 11.2. The number of carbonyl (C=O) groups excluding carboxylic acids is 3. The van der Waals surface area contributed by atoms with Crippen LogP contribution in [0.2, 0.25) is 0 Å². The number of hydrogen-bond acceptors (Lipinski definition) is 7. The van der Waals surface area contributed by atoms with E-state index in [9.17, 15) is 28.7 Å². The van der Waals surface area contributed by atoms with E-state index in [0.717, 1.165) is 5.57 Å². The first-order valence-corrected chi connectivity index (χ1v) is 14.1. The second-order valence-corrected chi connectivity index (χ2v) is 11.2. The first-order chi connectivity index (χ1) is 20.8. The summed E-state index contributed by atoms with van der Waals surface area (Å²) in [4.78, 5) is 56.6. The van der Waals surface area contributed by atoms with Gasteiger partial charge in [-0.3, -0.25) is 28.8 Å². The van der Waals surface area contributed by atoms with E-state index in [2.05, 4.69) is 4.98 Å². The quantitative estimate of drug-likeness (QED) is 0.273. The van der Waals surface area contributed by atoms with Crippen molar-refractivity contribution in [2.24, 2.45) is 5.92 Å². The van der Waals surface area contributed by atoms with Gasteiger partial charge in [0, 0.05) is 12.6 Å². The van der Waals surface area contributed by atoms with Crippen molar-refractivity contribution in [3.8, 4) is 5.75 Å². The van der Waals surface area contributed by atoms with Gasteiger partial charge in [0.2, 0.25) is 0 Å². The molecule has 1 N–H and O–H groups in total. The van der Waals surface area contributed by atoms with Crippen LogP contribution in [0.5, 0.6) is 5.75 Å². The van der Waals surface area contributed by atoms with E-state index < -0.39 is 53.7 Å². The number of hydrogen-bond donors (Lipinski definition) is 1.